The second kappa shape index (κ2) is 6.94. The van der Waals surface area contributed by atoms with Gasteiger partial charge in [-0.2, -0.15) is 0 Å². The number of benzene rings is 1. The van der Waals surface area contributed by atoms with Gasteiger partial charge in [0.15, 0.2) is 16.8 Å². The molecule has 0 radical (unpaired) electrons. The Bertz CT molecular complexity index is 998. The van der Waals surface area contributed by atoms with E-state index in [4.69, 9.17) is 0 Å². The molecule has 0 atom stereocenters. The van der Waals surface area contributed by atoms with Crippen LogP contribution in [0, 0.1) is 18.6 Å². The second-order valence-electron chi connectivity index (χ2n) is 5.40. The summed E-state index contributed by atoms with van der Waals surface area (Å²) in [7, 11) is 0. The summed E-state index contributed by atoms with van der Waals surface area (Å²) in [6, 6.07) is 6.76. The zero-order chi connectivity index (χ0) is 18.0. The standard InChI is InChI=1S/C17H13F2N3O2S/c1-9-2-4-12(15(23)21-9)16(24)22-17-20-8-11(25-17)6-10-3-5-13(18)14(19)7-10/h2-5,7-8H,6H2,1H3,(H,21,23)(H,20,22,24). The van der Waals surface area contributed by atoms with E-state index in [-0.39, 0.29) is 5.56 Å². The highest BCUT2D eigenvalue weighted by Crippen LogP contribution is 2.22. The molecule has 5 nitrogen and oxygen atoms in total. The van der Waals surface area contributed by atoms with Gasteiger partial charge in [-0.05, 0) is 36.8 Å². The molecule has 8 heteroatoms. The average Bonchev–Trinajstić information content (AvgIpc) is 2.97. The Morgan fingerprint density at radius 2 is 2.04 bits per heavy atom. The zero-order valence-corrected chi connectivity index (χ0v) is 13.9. The molecule has 25 heavy (non-hydrogen) atoms. The number of rotatable bonds is 4. The predicted molar refractivity (Wildman–Crippen MR) is 91.0 cm³/mol. The molecule has 0 unspecified atom stereocenters. The number of carbonyl (C=O) groups excluding carboxylic acids is 1. The Morgan fingerprint density at radius 1 is 1.24 bits per heavy atom. The maximum Gasteiger partial charge on any atom is 0.263 e. The Labute approximate surface area is 145 Å². The number of hydrogen-bond donors (Lipinski definition) is 2. The third-order valence-electron chi connectivity index (χ3n) is 3.44. The van der Waals surface area contributed by atoms with E-state index < -0.39 is 23.1 Å². The Morgan fingerprint density at radius 3 is 2.76 bits per heavy atom. The summed E-state index contributed by atoms with van der Waals surface area (Å²) in [5.74, 6) is -2.37. The van der Waals surface area contributed by atoms with Gasteiger partial charge >= 0.3 is 0 Å². The summed E-state index contributed by atoms with van der Waals surface area (Å²) in [6.07, 6.45) is 1.90. The second-order valence-corrected chi connectivity index (χ2v) is 6.51. The van der Waals surface area contributed by atoms with Crippen LogP contribution < -0.4 is 10.9 Å². The molecule has 0 aliphatic heterocycles. The van der Waals surface area contributed by atoms with Gasteiger partial charge in [0.05, 0.1) is 0 Å². The first-order valence-corrected chi connectivity index (χ1v) is 8.14. The number of anilines is 1. The van der Waals surface area contributed by atoms with Crippen molar-refractivity contribution in [1.82, 2.24) is 9.97 Å². The molecule has 0 aliphatic carbocycles. The first-order chi connectivity index (χ1) is 11.9. The van der Waals surface area contributed by atoms with Gasteiger partial charge in [0.25, 0.3) is 11.5 Å². The maximum atomic E-state index is 13.2. The van der Waals surface area contributed by atoms with Crippen molar-refractivity contribution in [3.05, 3.63) is 80.2 Å². The molecular formula is C17H13F2N3O2S. The van der Waals surface area contributed by atoms with Gasteiger partial charge in [-0.3, -0.25) is 14.9 Å². The lowest BCUT2D eigenvalue weighted by atomic mass is 10.1. The summed E-state index contributed by atoms with van der Waals surface area (Å²) < 4.78 is 26.2. The van der Waals surface area contributed by atoms with Crippen molar-refractivity contribution in [2.45, 2.75) is 13.3 Å². The molecule has 1 amide bonds. The molecule has 2 aromatic heterocycles. The topological polar surface area (TPSA) is 74.8 Å². The summed E-state index contributed by atoms with van der Waals surface area (Å²) in [6.45, 7) is 1.72. The molecule has 3 rings (SSSR count). The summed E-state index contributed by atoms with van der Waals surface area (Å²) in [5.41, 5.74) is 0.763. The fourth-order valence-corrected chi connectivity index (χ4v) is 3.05. The first kappa shape index (κ1) is 17.0. The number of aromatic amines is 1. The molecule has 0 bridgehead atoms. The molecule has 2 N–H and O–H groups in total. The molecule has 2 heterocycles. The van der Waals surface area contributed by atoms with E-state index in [2.05, 4.69) is 15.3 Å². The molecule has 0 aliphatic rings. The molecule has 1 aromatic carbocycles. The van der Waals surface area contributed by atoms with Crippen molar-refractivity contribution >= 4 is 22.4 Å². The lowest BCUT2D eigenvalue weighted by Gasteiger charge is -2.01. The van der Waals surface area contributed by atoms with E-state index >= 15 is 0 Å². The summed E-state index contributed by atoms with van der Waals surface area (Å²) >= 11 is 1.20. The minimum atomic E-state index is -0.908. The van der Waals surface area contributed by atoms with E-state index in [1.165, 1.54) is 23.5 Å². The van der Waals surface area contributed by atoms with Crippen LogP contribution in [0.1, 0.15) is 26.5 Å². The van der Waals surface area contributed by atoms with E-state index in [1.54, 1.807) is 19.2 Å². The molecular weight excluding hydrogens is 348 g/mol. The number of hydrogen-bond acceptors (Lipinski definition) is 4. The third kappa shape index (κ3) is 3.97. The van der Waals surface area contributed by atoms with Gasteiger partial charge in [-0.25, -0.2) is 13.8 Å². The van der Waals surface area contributed by atoms with E-state index in [9.17, 15) is 18.4 Å². The van der Waals surface area contributed by atoms with Crippen LogP contribution in [0.5, 0.6) is 0 Å². The number of aromatic nitrogens is 2. The van der Waals surface area contributed by atoms with E-state index in [0.717, 1.165) is 17.0 Å². The van der Waals surface area contributed by atoms with Gasteiger partial charge in [-0.15, -0.1) is 11.3 Å². The molecule has 0 saturated heterocycles. The highest BCUT2D eigenvalue weighted by molar-refractivity contribution is 7.15. The van der Waals surface area contributed by atoms with Crippen molar-refractivity contribution in [2.24, 2.45) is 0 Å². The van der Waals surface area contributed by atoms with Crippen LogP contribution in [0.25, 0.3) is 0 Å². The quantitative estimate of drug-likeness (QED) is 0.749. The molecule has 3 aromatic rings. The van der Waals surface area contributed by atoms with Gasteiger partial charge in [0, 0.05) is 23.2 Å². The van der Waals surface area contributed by atoms with E-state index in [1.807, 2.05) is 0 Å². The lowest BCUT2D eigenvalue weighted by Crippen LogP contribution is -2.23. The number of halogens is 2. The maximum absolute atomic E-state index is 13.2. The van der Waals surface area contributed by atoms with Crippen molar-refractivity contribution < 1.29 is 13.6 Å². The Balaban J connectivity index is 1.71. The molecule has 0 fully saturated rings. The fraction of sp³-hybridized carbons (Fsp3) is 0.118. The monoisotopic (exact) mass is 361 g/mol. The van der Waals surface area contributed by atoms with Crippen molar-refractivity contribution in [2.75, 3.05) is 5.32 Å². The zero-order valence-electron chi connectivity index (χ0n) is 13.1. The van der Waals surface area contributed by atoms with Crippen LogP contribution in [-0.2, 0) is 6.42 Å². The number of aryl methyl sites for hydroxylation is 1. The highest BCUT2D eigenvalue weighted by atomic mass is 32.1. The number of thiazole rings is 1. The number of H-pyrrole nitrogens is 1. The number of nitrogens with zero attached hydrogens (tertiary/aromatic N) is 1. The molecule has 0 saturated carbocycles. The minimum Gasteiger partial charge on any atom is -0.326 e. The van der Waals surface area contributed by atoms with Crippen molar-refractivity contribution in [3.63, 3.8) is 0 Å². The lowest BCUT2D eigenvalue weighted by molar-refractivity contribution is 0.102. The minimum absolute atomic E-state index is 0.0112. The largest absolute Gasteiger partial charge is 0.326 e. The van der Waals surface area contributed by atoms with Crippen molar-refractivity contribution in [1.29, 1.82) is 0 Å². The first-order valence-electron chi connectivity index (χ1n) is 7.32. The number of amides is 1. The fourth-order valence-electron chi connectivity index (χ4n) is 2.21. The van der Waals surface area contributed by atoms with Crippen molar-refractivity contribution in [3.8, 4) is 0 Å². The molecule has 128 valence electrons. The predicted octanol–water partition coefficient (Wildman–Crippen LogP) is 3.26. The van der Waals surface area contributed by atoms with Crippen LogP contribution in [0.15, 0.2) is 41.3 Å². The Hall–Kier alpha value is -2.87. The van der Waals surface area contributed by atoms with Gasteiger partial charge in [0.1, 0.15) is 5.56 Å². The smallest absolute Gasteiger partial charge is 0.263 e. The van der Waals surface area contributed by atoms with Crippen LogP contribution in [0.4, 0.5) is 13.9 Å². The highest BCUT2D eigenvalue weighted by Gasteiger charge is 2.13. The van der Waals surface area contributed by atoms with Gasteiger partial charge in [0.2, 0.25) is 0 Å². The van der Waals surface area contributed by atoms with E-state index in [0.29, 0.717) is 22.8 Å². The normalized spacial score (nSPS) is 10.7. The number of pyridine rings is 1. The summed E-state index contributed by atoms with van der Waals surface area (Å²) in [5, 5.41) is 2.88. The van der Waals surface area contributed by atoms with Gasteiger partial charge < -0.3 is 4.98 Å². The van der Waals surface area contributed by atoms with Gasteiger partial charge in [-0.1, -0.05) is 6.07 Å². The van der Waals surface area contributed by atoms with Crippen LogP contribution in [-0.4, -0.2) is 15.9 Å². The summed E-state index contributed by atoms with van der Waals surface area (Å²) in [4.78, 5) is 31.3. The number of nitrogens with one attached hydrogen (secondary N) is 2. The van der Waals surface area contributed by atoms with Crippen LogP contribution >= 0.6 is 11.3 Å². The third-order valence-corrected chi connectivity index (χ3v) is 4.35. The average molecular weight is 361 g/mol. The van der Waals surface area contributed by atoms with Crippen LogP contribution in [0.2, 0.25) is 0 Å². The number of carbonyl (C=O) groups is 1. The van der Waals surface area contributed by atoms with Crippen LogP contribution in [0.3, 0.4) is 0 Å². The Kier molecular flexibility index (Phi) is 4.71. The molecule has 0 spiro atoms. The SMILES string of the molecule is Cc1ccc(C(=O)Nc2ncc(Cc3ccc(F)c(F)c3)s2)c(=O)[nH]1.